The lowest BCUT2D eigenvalue weighted by atomic mass is 9.63. The first-order chi connectivity index (χ1) is 19.5. The zero-order valence-corrected chi connectivity index (χ0v) is 22.7. The van der Waals surface area contributed by atoms with Crippen LogP contribution in [0.4, 0.5) is 4.79 Å². The molecule has 1 aromatic heterocycles. The van der Waals surface area contributed by atoms with Gasteiger partial charge in [-0.2, -0.15) is 0 Å². The molecule has 0 radical (unpaired) electrons. The number of benzene rings is 2. The summed E-state index contributed by atoms with van der Waals surface area (Å²) in [4.78, 5) is 35.5. The number of likely N-dealkylation sites (tertiary alicyclic amines) is 1. The van der Waals surface area contributed by atoms with Gasteiger partial charge in [0.15, 0.2) is 0 Å². The van der Waals surface area contributed by atoms with Gasteiger partial charge in [-0.05, 0) is 24.8 Å². The standard InChI is InChI=1S/C31H36N4O5/c36-28-19-26(24-7-3-1-4-8-24)32-23-34(28)22-31(38)11-14-33(21-30(31)12-16-39-17-13-30)29(37)35-15-18-40-20-27(35)25-9-5-2-6-10-25/h1-10,19,23,27,38H,11-18,20-22H2/t27-,31?/m0/s1. The van der Waals surface area contributed by atoms with Crippen molar-refractivity contribution in [3.63, 3.8) is 0 Å². The van der Waals surface area contributed by atoms with Crippen LogP contribution in [0.1, 0.15) is 30.9 Å². The highest BCUT2D eigenvalue weighted by Gasteiger charge is 2.55. The van der Waals surface area contributed by atoms with E-state index in [2.05, 4.69) is 4.98 Å². The fourth-order valence-corrected chi connectivity index (χ4v) is 6.53. The highest BCUT2D eigenvalue weighted by atomic mass is 16.5. The molecule has 3 fully saturated rings. The van der Waals surface area contributed by atoms with Crippen molar-refractivity contribution in [2.45, 2.75) is 37.5 Å². The molecule has 1 unspecified atom stereocenters. The second kappa shape index (κ2) is 11.2. The molecule has 210 valence electrons. The van der Waals surface area contributed by atoms with Gasteiger partial charge in [0, 0.05) is 49.9 Å². The summed E-state index contributed by atoms with van der Waals surface area (Å²) in [6.07, 6.45) is 3.13. The number of hydrogen-bond donors (Lipinski definition) is 1. The Labute approximate surface area is 234 Å². The van der Waals surface area contributed by atoms with Crippen LogP contribution in [0.15, 0.2) is 77.9 Å². The van der Waals surface area contributed by atoms with Crippen molar-refractivity contribution < 1.29 is 19.4 Å². The molecule has 40 heavy (non-hydrogen) atoms. The van der Waals surface area contributed by atoms with Crippen LogP contribution in [0.2, 0.25) is 0 Å². The van der Waals surface area contributed by atoms with Crippen LogP contribution >= 0.6 is 0 Å². The molecule has 6 rings (SSSR count). The summed E-state index contributed by atoms with van der Waals surface area (Å²) in [7, 11) is 0. The molecular weight excluding hydrogens is 508 g/mol. The van der Waals surface area contributed by atoms with Crippen LogP contribution in [0.5, 0.6) is 0 Å². The molecule has 9 heteroatoms. The highest BCUT2D eigenvalue weighted by molar-refractivity contribution is 5.75. The third-order valence-electron chi connectivity index (χ3n) is 8.94. The van der Waals surface area contributed by atoms with Gasteiger partial charge in [-0.25, -0.2) is 9.78 Å². The van der Waals surface area contributed by atoms with Crippen molar-refractivity contribution in [2.75, 3.05) is 46.1 Å². The molecule has 3 saturated heterocycles. The molecule has 2 amide bonds. The van der Waals surface area contributed by atoms with Crippen LogP contribution in [-0.4, -0.2) is 82.2 Å². The number of morpholine rings is 1. The highest BCUT2D eigenvalue weighted by Crippen LogP contribution is 2.48. The van der Waals surface area contributed by atoms with Gasteiger partial charge in [0.05, 0.1) is 43.4 Å². The number of ether oxygens (including phenoxy) is 2. The number of urea groups is 1. The zero-order chi connectivity index (χ0) is 27.6. The Hall–Kier alpha value is -3.53. The van der Waals surface area contributed by atoms with Crippen LogP contribution in [-0.2, 0) is 16.0 Å². The van der Waals surface area contributed by atoms with E-state index in [0.717, 1.165) is 11.1 Å². The minimum Gasteiger partial charge on any atom is -0.387 e. The Morgan fingerprint density at radius 2 is 1.68 bits per heavy atom. The average molecular weight is 545 g/mol. The Bertz CT molecular complexity index is 1380. The number of rotatable bonds is 4. The molecule has 0 aliphatic carbocycles. The van der Waals surface area contributed by atoms with Crippen LogP contribution in [0.25, 0.3) is 11.3 Å². The van der Waals surface area contributed by atoms with E-state index < -0.39 is 11.0 Å². The summed E-state index contributed by atoms with van der Waals surface area (Å²) in [6, 6.07) is 20.9. The van der Waals surface area contributed by atoms with Crippen molar-refractivity contribution in [1.29, 1.82) is 0 Å². The summed E-state index contributed by atoms with van der Waals surface area (Å²) in [5, 5.41) is 12.2. The van der Waals surface area contributed by atoms with E-state index in [9.17, 15) is 14.7 Å². The first-order valence-corrected chi connectivity index (χ1v) is 14.1. The quantitative estimate of drug-likeness (QED) is 0.541. The van der Waals surface area contributed by atoms with Gasteiger partial charge in [0.2, 0.25) is 0 Å². The molecule has 4 heterocycles. The molecule has 0 bridgehead atoms. The lowest BCUT2D eigenvalue weighted by Crippen LogP contribution is -2.66. The minimum atomic E-state index is -1.18. The van der Waals surface area contributed by atoms with Gasteiger partial charge in [-0.3, -0.25) is 9.36 Å². The summed E-state index contributed by atoms with van der Waals surface area (Å²) in [5.41, 5.74) is 0.545. The molecule has 1 spiro atoms. The van der Waals surface area contributed by atoms with E-state index in [-0.39, 0.29) is 24.2 Å². The maximum atomic E-state index is 14.0. The third-order valence-corrected chi connectivity index (χ3v) is 8.94. The van der Waals surface area contributed by atoms with Gasteiger partial charge < -0.3 is 24.4 Å². The zero-order valence-electron chi connectivity index (χ0n) is 22.7. The number of nitrogens with zero attached hydrogens (tertiary/aromatic N) is 4. The second-order valence-electron chi connectivity index (χ2n) is 11.2. The molecule has 3 aliphatic heterocycles. The number of piperidine rings is 1. The Kier molecular flexibility index (Phi) is 7.44. The van der Waals surface area contributed by atoms with E-state index in [0.29, 0.717) is 71.0 Å². The number of aliphatic hydroxyl groups is 1. The van der Waals surface area contributed by atoms with Crippen LogP contribution in [0.3, 0.4) is 0 Å². The number of amides is 2. The third kappa shape index (κ3) is 5.05. The van der Waals surface area contributed by atoms with E-state index in [1.54, 1.807) is 0 Å². The number of carbonyl (C=O) groups excluding carboxylic acids is 1. The van der Waals surface area contributed by atoms with Gasteiger partial charge in [-0.1, -0.05) is 60.7 Å². The molecule has 3 aliphatic rings. The monoisotopic (exact) mass is 544 g/mol. The SMILES string of the molecule is O=C(N1CCC(O)(Cn2cnc(-c3ccccc3)cc2=O)C2(CCOCC2)C1)N1CCOC[C@H]1c1ccccc1. The van der Waals surface area contributed by atoms with E-state index in [1.165, 1.54) is 17.0 Å². The fraction of sp³-hybridized carbons (Fsp3) is 0.452. The molecule has 0 saturated carbocycles. The Morgan fingerprint density at radius 1 is 0.950 bits per heavy atom. The van der Waals surface area contributed by atoms with E-state index in [1.807, 2.05) is 70.5 Å². The van der Waals surface area contributed by atoms with Crippen LogP contribution in [0, 0.1) is 5.41 Å². The maximum absolute atomic E-state index is 14.0. The summed E-state index contributed by atoms with van der Waals surface area (Å²) >= 11 is 0. The lowest BCUT2D eigenvalue weighted by molar-refractivity contribution is -0.175. The second-order valence-corrected chi connectivity index (χ2v) is 11.2. The molecule has 1 N–H and O–H groups in total. The topological polar surface area (TPSA) is 97.1 Å². The van der Waals surface area contributed by atoms with Crippen molar-refractivity contribution in [1.82, 2.24) is 19.4 Å². The normalized spacial score (nSPS) is 24.7. The van der Waals surface area contributed by atoms with Crippen molar-refractivity contribution in [3.8, 4) is 11.3 Å². The molecule has 2 atom stereocenters. The first-order valence-electron chi connectivity index (χ1n) is 14.1. The predicted molar refractivity (Wildman–Crippen MR) is 150 cm³/mol. The Balaban J connectivity index is 1.24. The Morgan fingerprint density at radius 3 is 2.40 bits per heavy atom. The van der Waals surface area contributed by atoms with Gasteiger partial charge in [-0.15, -0.1) is 0 Å². The maximum Gasteiger partial charge on any atom is 0.320 e. The number of carbonyl (C=O) groups is 1. The molecule has 9 nitrogen and oxygen atoms in total. The van der Waals surface area contributed by atoms with Crippen molar-refractivity contribution in [2.24, 2.45) is 5.41 Å². The summed E-state index contributed by atoms with van der Waals surface area (Å²) < 4.78 is 13.0. The average Bonchev–Trinajstić information content (AvgIpc) is 3.01. The number of hydrogen-bond acceptors (Lipinski definition) is 6. The number of aromatic nitrogens is 2. The smallest absolute Gasteiger partial charge is 0.320 e. The largest absolute Gasteiger partial charge is 0.387 e. The molecule has 3 aromatic rings. The van der Waals surface area contributed by atoms with Crippen molar-refractivity contribution >= 4 is 6.03 Å². The first kappa shape index (κ1) is 26.7. The van der Waals surface area contributed by atoms with Gasteiger partial charge in [0.25, 0.3) is 5.56 Å². The summed E-state index contributed by atoms with van der Waals surface area (Å²) in [5.74, 6) is 0. The minimum absolute atomic E-state index is 0.0314. The van der Waals surface area contributed by atoms with E-state index >= 15 is 0 Å². The van der Waals surface area contributed by atoms with E-state index in [4.69, 9.17) is 9.47 Å². The van der Waals surface area contributed by atoms with Gasteiger partial charge in [0.1, 0.15) is 0 Å². The van der Waals surface area contributed by atoms with Crippen molar-refractivity contribution in [3.05, 3.63) is 89.0 Å². The molecule has 2 aromatic carbocycles. The lowest BCUT2D eigenvalue weighted by Gasteiger charge is -2.56. The predicted octanol–water partition coefficient (Wildman–Crippen LogP) is 3.34. The van der Waals surface area contributed by atoms with Crippen LogP contribution < -0.4 is 5.56 Å². The fourth-order valence-electron chi connectivity index (χ4n) is 6.53. The molecular formula is C31H36N4O5. The summed E-state index contributed by atoms with van der Waals surface area (Å²) in [6.45, 7) is 3.44. The van der Waals surface area contributed by atoms with Gasteiger partial charge >= 0.3 is 6.03 Å².